The number of carboxylic acid groups (broad SMARTS) is 1. The van der Waals surface area contributed by atoms with Crippen LogP contribution in [0.4, 0.5) is 4.79 Å². The van der Waals surface area contributed by atoms with Crippen molar-refractivity contribution in [3.8, 4) is 0 Å². The second-order valence-electron chi connectivity index (χ2n) is 3.54. The molecule has 0 bridgehead atoms. The standard InChI is InChI=1S/C10H13ClN2O3S/c1-5(7-3-4-8(11)17-7)12-10(16)13-6(2)9(14)15/h3-6H,1-2H3,(H,14,15)(H2,12,13,16)/t5?,6-/m1/s1. The Labute approximate surface area is 108 Å². The van der Waals surface area contributed by atoms with Gasteiger partial charge in [-0.05, 0) is 26.0 Å². The molecule has 1 aromatic heterocycles. The van der Waals surface area contributed by atoms with Crippen LogP contribution < -0.4 is 10.6 Å². The van der Waals surface area contributed by atoms with Gasteiger partial charge in [0.05, 0.1) is 10.4 Å². The van der Waals surface area contributed by atoms with Crippen LogP contribution in [0.15, 0.2) is 12.1 Å². The largest absolute Gasteiger partial charge is 0.480 e. The topological polar surface area (TPSA) is 78.4 Å². The van der Waals surface area contributed by atoms with Crippen LogP contribution in [0.3, 0.4) is 0 Å². The molecule has 0 spiro atoms. The zero-order valence-corrected chi connectivity index (χ0v) is 10.9. The Morgan fingerprint density at radius 3 is 2.47 bits per heavy atom. The van der Waals surface area contributed by atoms with Crippen LogP contribution in [0.1, 0.15) is 24.8 Å². The summed E-state index contributed by atoms with van der Waals surface area (Å²) in [7, 11) is 0. The van der Waals surface area contributed by atoms with E-state index in [1.807, 2.05) is 6.07 Å². The molecule has 0 fully saturated rings. The number of nitrogens with one attached hydrogen (secondary N) is 2. The molecular formula is C10H13ClN2O3S. The Kier molecular flexibility index (Phi) is 4.77. The van der Waals surface area contributed by atoms with Gasteiger partial charge >= 0.3 is 12.0 Å². The summed E-state index contributed by atoms with van der Waals surface area (Å²) in [6.45, 7) is 3.20. The maximum absolute atomic E-state index is 11.4. The van der Waals surface area contributed by atoms with Crippen molar-refractivity contribution in [2.75, 3.05) is 0 Å². The Balaban J connectivity index is 2.49. The van der Waals surface area contributed by atoms with E-state index in [-0.39, 0.29) is 6.04 Å². The quantitative estimate of drug-likeness (QED) is 0.789. The van der Waals surface area contributed by atoms with Crippen LogP contribution in [0.5, 0.6) is 0 Å². The molecule has 5 nitrogen and oxygen atoms in total. The molecule has 2 atom stereocenters. The molecule has 2 amide bonds. The summed E-state index contributed by atoms with van der Waals surface area (Å²) in [4.78, 5) is 22.9. The number of rotatable bonds is 4. The van der Waals surface area contributed by atoms with Gasteiger partial charge in [0.1, 0.15) is 6.04 Å². The van der Waals surface area contributed by atoms with Gasteiger partial charge < -0.3 is 15.7 Å². The molecule has 0 saturated carbocycles. The second-order valence-corrected chi connectivity index (χ2v) is 5.29. The fourth-order valence-corrected chi connectivity index (χ4v) is 2.19. The summed E-state index contributed by atoms with van der Waals surface area (Å²) < 4.78 is 0.646. The Hall–Kier alpha value is -1.27. The minimum atomic E-state index is -1.08. The highest BCUT2D eigenvalue weighted by Crippen LogP contribution is 2.26. The van der Waals surface area contributed by atoms with E-state index in [2.05, 4.69) is 10.6 Å². The van der Waals surface area contributed by atoms with E-state index >= 15 is 0 Å². The molecule has 0 aliphatic rings. The smallest absolute Gasteiger partial charge is 0.325 e. The molecule has 1 unspecified atom stereocenters. The summed E-state index contributed by atoms with van der Waals surface area (Å²) in [6.07, 6.45) is 0. The number of aliphatic carboxylic acids is 1. The number of carboxylic acids is 1. The lowest BCUT2D eigenvalue weighted by Crippen LogP contribution is -2.44. The number of carbonyl (C=O) groups is 2. The molecule has 0 aliphatic heterocycles. The van der Waals surface area contributed by atoms with Crippen LogP contribution in [0, 0.1) is 0 Å². The summed E-state index contributed by atoms with van der Waals surface area (Å²) >= 11 is 7.15. The van der Waals surface area contributed by atoms with Crippen molar-refractivity contribution in [3.05, 3.63) is 21.3 Å². The lowest BCUT2D eigenvalue weighted by Gasteiger charge is -2.15. The molecule has 0 aromatic carbocycles. The third kappa shape index (κ3) is 4.24. The average molecular weight is 277 g/mol. The summed E-state index contributed by atoms with van der Waals surface area (Å²) in [5.41, 5.74) is 0. The fraction of sp³-hybridized carbons (Fsp3) is 0.400. The molecule has 1 rings (SSSR count). The van der Waals surface area contributed by atoms with E-state index in [0.717, 1.165) is 4.88 Å². The molecule has 0 saturated heterocycles. The van der Waals surface area contributed by atoms with E-state index in [0.29, 0.717) is 4.34 Å². The molecule has 0 aliphatic carbocycles. The number of thiophene rings is 1. The van der Waals surface area contributed by atoms with Crippen molar-refractivity contribution in [2.45, 2.75) is 25.9 Å². The Bertz CT molecular complexity index is 421. The first-order chi connectivity index (χ1) is 7.90. The van der Waals surface area contributed by atoms with E-state index < -0.39 is 18.0 Å². The van der Waals surface area contributed by atoms with Gasteiger partial charge in [-0.15, -0.1) is 11.3 Å². The molecule has 17 heavy (non-hydrogen) atoms. The number of hydrogen-bond acceptors (Lipinski definition) is 3. The van der Waals surface area contributed by atoms with Crippen molar-refractivity contribution >= 4 is 34.9 Å². The van der Waals surface area contributed by atoms with Gasteiger partial charge in [0.15, 0.2) is 0 Å². The van der Waals surface area contributed by atoms with Gasteiger partial charge in [0, 0.05) is 4.88 Å². The van der Waals surface area contributed by atoms with Crippen molar-refractivity contribution in [1.82, 2.24) is 10.6 Å². The van der Waals surface area contributed by atoms with E-state index in [4.69, 9.17) is 16.7 Å². The molecular weight excluding hydrogens is 264 g/mol. The van der Waals surface area contributed by atoms with E-state index in [1.54, 1.807) is 13.0 Å². The molecule has 3 N–H and O–H groups in total. The van der Waals surface area contributed by atoms with Gasteiger partial charge in [-0.2, -0.15) is 0 Å². The summed E-state index contributed by atoms with van der Waals surface area (Å²) in [6, 6.07) is 1.91. The normalized spacial score (nSPS) is 13.8. The number of urea groups is 1. The average Bonchev–Trinajstić information content (AvgIpc) is 2.64. The SMILES string of the molecule is CC(NC(=O)N[C@H](C)C(=O)O)c1ccc(Cl)s1. The predicted octanol–water partition coefficient (Wildman–Crippen LogP) is 2.23. The number of hydrogen-bond donors (Lipinski definition) is 3. The lowest BCUT2D eigenvalue weighted by atomic mass is 10.3. The second kappa shape index (κ2) is 5.88. The summed E-state index contributed by atoms with van der Waals surface area (Å²) in [5, 5.41) is 13.6. The van der Waals surface area contributed by atoms with Gasteiger partial charge in [0.25, 0.3) is 0 Å². The number of carbonyl (C=O) groups excluding carboxylic acids is 1. The van der Waals surface area contributed by atoms with Crippen LogP contribution in [0.25, 0.3) is 0 Å². The zero-order valence-electron chi connectivity index (χ0n) is 9.36. The van der Waals surface area contributed by atoms with Crippen LogP contribution >= 0.6 is 22.9 Å². The van der Waals surface area contributed by atoms with Crippen molar-refractivity contribution in [1.29, 1.82) is 0 Å². The van der Waals surface area contributed by atoms with Crippen LogP contribution in [-0.4, -0.2) is 23.1 Å². The minimum absolute atomic E-state index is 0.214. The first kappa shape index (κ1) is 13.8. The third-order valence-electron chi connectivity index (χ3n) is 2.09. The predicted molar refractivity (Wildman–Crippen MR) is 66.5 cm³/mol. The summed E-state index contributed by atoms with van der Waals surface area (Å²) in [5.74, 6) is -1.08. The number of halogens is 1. The van der Waals surface area contributed by atoms with E-state index in [1.165, 1.54) is 18.3 Å². The van der Waals surface area contributed by atoms with Crippen LogP contribution in [0.2, 0.25) is 4.34 Å². The van der Waals surface area contributed by atoms with Crippen molar-refractivity contribution in [3.63, 3.8) is 0 Å². The highest BCUT2D eigenvalue weighted by atomic mass is 35.5. The Morgan fingerprint density at radius 1 is 1.35 bits per heavy atom. The van der Waals surface area contributed by atoms with Gasteiger partial charge in [-0.1, -0.05) is 11.6 Å². The fourth-order valence-electron chi connectivity index (χ4n) is 1.13. The van der Waals surface area contributed by atoms with Gasteiger partial charge in [0.2, 0.25) is 0 Å². The molecule has 7 heteroatoms. The van der Waals surface area contributed by atoms with Crippen molar-refractivity contribution in [2.24, 2.45) is 0 Å². The molecule has 94 valence electrons. The lowest BCUT2D eigenvalue weighted by molar-refractivity contribution is -0.138. The highest BCUT2D eigenvalue weighted by Gasteiger charge is 2.16. The number of amides is 2. The Morgan fingerprint density at radius 2 is 2.00 bits per heavy atom. The van der Waals surface area contributed by atoms with Gasteiger partial charge in [-0.3, -0.25) is 4.79 Å². The van der Waals surface area contributed by atoms with Gasteiger partial charge in [-0.25, -0.2) is 4.79 Å². The monoisotopic (exact) mass is 276 g/mol. The third-order valence-corrected chi connectivity index (χ3v) is 3.50. The van der Waals surface area contributed by atoms with Crippen molar-refractivity contribution < 1.29 is 14.7 Å². The highest BCUT2D eigenvalue weighted by molar-refractivity contribution is 7.16. The van der Waals surface area contributed by atoms with Crippen LogP contribution in [-0.2, 0) is 4.79 Å². The minimum Gasteiger partial charge on any atom is -0.480 e. The maximum Gasteiger partial charge on any atom is 0.325 e. The first-order valence-corrected chi connectivity index (χ1v) is 6.14. The zero-order chi connectivity index (χ0) is 13.0. The molecule has 1 aromatic rings. The molecule has 0 radical (unpaired) electrons. The molecule has 1 heterocycles. The van der Waals surface area contributed by atoms with E-state index in [9.17, 15) is 9.59 Å². The first-order valence-electron chi connectivity index (χ1n) is 4.95. The maximum atomic E-state index is 11.4.